The highest BCUT2D eigenvalue weighted by Gasteiger charge is 1.95. The lowest BCUT2D eigenvalue weighted by atomic mass is 10.2. The maximum atomic E-state index is 10.7. The van der Waals surface area contributed by atoms with Gasteiger partial charge in [0, 0.05) is 10.5 Å². The molecule has 0 saturated heterocycles. The minimum atomic E-state index is 0.0910. The molecular formula is C10H10OS. The van der Waals surface area contributed by atoms with E-state index in [0.717, 1.165) is 10.5 Å². The molecule has 2 heteroatoms. The first-order valence-corrected chi connectivity index (χ1v) is 3.78. The zero-order valence-electron chi connectivity index (χ0n) is 6.82. The monoisotopic (exact) mass is 178 g/mol. The quantitative estimate of drug-likeness (QED) is 0.397. The van der Waals surface area contributed by atoms with Gasteiger partial charge in [-0.05, 0) is 19.1 Å². The smallest absolute Gasteiger partial charge is 0.159 e. The number of thiol groups is 1. The Labute approximate surface area is 78.2 Å². The van der Waals surface area contributed by atoms with Crippen molar-refractivity contribution in [3.63, 3.8) is 0 Å². The molecule has 0 radical (unpaired) electrons. The summed E-state index contributed by atoms with van der Waals surface area (Å²) < 4.78 is 0. The lowest BCUT2D eigenvalue weighted by Crippen LogP contribution is -1.89. The largest absolute Gasteiger partial charge is 0.295 e. The van der Waals surface area contributed by atoms with Crippen LogP contribution in [0.3, 0.4) is 0 Å². The van der Waals surface area contributed by atoms with Crippen LogP contribution in [-0.2, 0) is 0 Å². The third-order valence-corrected chi connectivity index (χ3v) is 1.57. The highest BCUT2D eigenvalue weighted by atomic mass is 32.1. The average molecular weight is 178 g/mol. The van der Waals surface area contributed by atoms with E-state index in [4.69, 9.17) is 0 Å². The van der Waals surface area contributed by atoms with Crippen LogP contribution in [0.25, 0.3) is 0 Å². The van der Waals surface area contributed by atoms with Gasteiger partial charge in [0.15, 0.2) is 5.78 Å². The molecule has 0 amide bonds. The van der Waals surface area contributed by atoms with Gasteiger partial charge in [-0.1, -0.05) is 12.1 Å². The van der Waals surface area contributed by atoms with E-state index in [2.05, 4.69) is 25.5 Å². The fraction of sp³-hybridized carbons (Fsp3) is 0.100. The predicted octanol–water partition coefficient (Wildman–Crippen LogP) is 2.43. The van der Waals surface area contributed by atoms with Crippen molar-refractivity contribution >= 4 is 18.4 Å². The Morgan fingerprint density at radius 3 is 2.00 bits per heavy atom. The standard InChI is InChI=1S/C8H8OS.C2H2/c1-6(9)7-2-4-8(10)5-3-7;1-2/h2-5,10H,1H3;1-2H. The second kappa shape index (κ2) is 5.45. The van der Waals surface area contributed by atoms with E-state index in [1.54, 1.807) is 31.2 Å². The van der Waals surface area contributed by atoms with E-state index in [1.165, 1.54) is 0 Å². The molecule has 1 aromatic carbocycles. The molecule has 0 aromatic heterocycles. The Hall–Kier alpha value is -1.20. The predicted molar refractivity (Wildman–Crippen MR) is 53.6 cm³/mol. The summed E-state index contributed by atoms with van der Waals surface area (Å²) in [7, 11) is 0. The maximum absolute atomic E-state index is 10.7. The van der Waals surface area contributed by atoms with E-state index in [9.17, 15) is 4.79 Å². The number of carbonyl (C=O) groups excluding carboxylic acids is 1. The van der Waals surface area contributed by atoms with Gasteiger partial charge in [-0.15, -0.1) is 25.5 Å². The van der Waals surface area contributed by atoms with E-state index >= 15 is 0 Å². The highest BCUT2D eigenvalue weighted by Crippen LogP contribution is 2.07. The highest BCUT2D eigenvalue weighted by molar-refractivity contribution is 7.80. The van der Waals surface area contributed by atoms with Crippen LogP contribution in [-0.4, -0.2) is 5.78 Å². The summed E-state index contributed by atoms with van der Waals surface area (Å²) in [6.07, 6.45) is 8.00. The van der Waals surface area contributed by atoms with Gasteiger partial charge in [0.05, 0.1) is 0 Å². The molecule has 0 aliphatic heterocycles. The van der Waals surface area contributed by atoms with Crippen molar-refractivity contribution in [2.75, 3.05) is 0 Å². The summed E-state index contributed by atoms with van der Waals surface area (Å²) in [6.45, 7) is 1.55. The third-order valence-electron chi connectivity index (χ3n) is 1.27. The Morgan fingerprint density at radius 1 is 1.25 bits per heavy atom. The van der Waals surface area contributed by atoms with Crippen molar-refractivity contribution in [3.8, 4) is 12.8 Å². The molecule has 0 unspecified atom stereocenters. The molecule has 0 fully saturated rings. The number of rotatable bonds is 1. The Balaban J connectivity index is 0.000000561. The van der Waals surface area contributed by atoms with Crippen LogP contribution in [0.1, 0.15) is 17.3 Å². The molecular weight excluding hydrogens is 168 g/mol. The van der Waals surface area contributed by atoms with Crippen molar-refractivity contribution in [1.29, 1.82) is 0 Å². The summed E-state index contributed by atoms with van der Waals surface area (Å²) in [4.78, 5) is 11.6. The summed E-state index contributed by atoms with van der Waals surface area (Å²) >= 11 is 4.09. The number of ketones is 1. The zero-order chi connectivity index (χ0) is 9.56. The van der Waals surface area contributed by atoms with E-state index in [0.29, 0.717) is 0 Å². The molecule has 0 spiro atoms. The van der Waals surface area contributed by atoms with E-state index in [1.807, 2.05) is 0 Å². The molecule has 1 aromatic rings. The Bertz CT molecular complexity index is 272. The van der Waals surface area contributed by atoms with Crippen molar-refractivity contribution in [3.05, 3.63) is 29.8 Å². The molecule has 0 saturated carbocycles. The summed E-state index contributed by atoms with van der Waals surface area (Å²) in [5.41, 5.74) is 0.734. The fourth-order valence-electron chi connectivity index (χ4n) is 0.696. The Morgan fingerprint density at radius 2 is 1.67 bits per heavy atom. The van der Waals surface area contributed by atoms with E-state index < -0.39 is 0 Å². The number of hydrogen-bond acceptors (Lipinski definition) is 2. The SMILES string of the molecule is C#C.CC(=O)c1ccc(S)cc1. The molecule has 62 valence electrons. The first kappa shape index (κ1) is 10.8. The molecule has 12 heavy (non-hydrogen) atoms. The molecule has 0 bridgehead atoms. The lowest BCUT2D eigenvalue weighted by Gasteiger charge is -1.93. The minimum Gasteiger partial charge on any atom is -0.295 e. The van der Waals surface area contributed by atoms with Crippen LogP contribution >= 0.6 is 12.6 Å². The lowest BCUT2D eigenvalue weighted by molar-refractivity contribution is 0.101. The van der Waals surface area contributed by atoms with Crippen LogP contribution in [0.2, 0.25) is 0 Å². The molecule has 0 atom stereocenters. The van der Waals surface area contributed by atoms with Crippen LogP contribution in [0.5, 0.6) is 0 Å². The Kier molecular flexibility index (Phi) is 4.91. The first-order valence-electron chi connectivity index (χ1n) is 3.33. The number of carbonyl (C=O) groups is 1. The van der Waals surface area contributed by atoms with Gasteiger partial charge >= 0.3 is 0 Å². The molecule has 0 aliphatic carbocycles. The van der Waals surface area contributed by atoms with Gasteiger partial charge in [0.25, 0.3) is 0 Å². The average Bonchev–Trinajstić information content (AvgIpc) is 2.09. The van der Waals surface area contributed by atoms with Crippen LogP contribution < -0.4 is 0 Å². The van der Waals surface area contributed by atoms with Crippen LogP contribution in [0.15, 0.2) is 29.2 Å². The van der Waals surface area contributed by atoms with Crippen molar-refractivity contribution < 1.29 is 4.79 Å². The zero-order valence-corrected chi connectivity index (χ0v) is 7.71. The van der Waals surface area contributed by atoms with Crippen molar-refractivity contribution in [2.24, 2.45) is 0 Å². The van der Waals surface area contributed by atoms with Crippen molar-refractivity contribution in [1.82, 2.24) is 0 Å². The topological polar surface area (TPSA) is 17.1 Å². The molecule has 0 aliphatic rings. The maximum Gasteiger partial charge on any atom is 0.159 e. The molecule has 0 N–H and O–H groups in total. The fourth-order valence-corrected chi connectivity index (χ4v) is 0.845. The third kappa shape index (κ3) is 3.27. The number of hydrogen-bond donors (Lipinski definition) is 1. The summed E-state index contributed by atoms with van der Waals surface area (Å²) in [6, 6.07) is 7.15. The summed E-state index contributed by atoms with van der Waals surface area (Å²) in [5.74, 6) is 0.0910. The van der Waals surface area contributed by atoms with Gasteiger partial charge in [-0.25, -0.2) is 0 Å². The van der Waals surface area contributed by atoms with Crippen LogP contribution in [0.4, 0.5) is 0 Å². The second-order valence-electron chi connectivity index (χ2n) is 2.10. The minimum absolute atomic E-state index is 0.0910. The van der Waals surface area contributed by atoms with Gasteiger partial charge in [0.1, 0.15) is 0 Å². The van der Waals surface area contributed by atoms with Crippen molar-refractivity contribution in [2.45, 2.75) is 11.8 Å². The first-order chi connectivity index (χ1) is 5.70. The van der Waals surface area contributed by atoms with Gasteiger partial charge in [-0.2, -0.15) is 0 Å². The van der Waals surface area contributed by atoms with Gasteiger partial charge in [-0.3, -0.25) is 4.79 Å². The van der Waals surface area contributed by atoms with E-state index in [-0.39, 0.29) is 5.78 Å². The van der Waals surface area contributed by atoms with Gasteiger partial charge < -0.3 is 0 Å². The summed E-state index contributed by atoms with van der Waals surface area (Å²) in [5, 5.41) is 0. The number of benzene rings is 1. The number of Topliss-reactive ketones (excluding diaryl/α,β-unsaturated/α-hetero) is 1. The second-order valence-corrected chi connectivity index (χ2v) is 2.62. The van der Waals surface area contributed by atoms with Crippen LogP contribution in [0, 0.1) is 12.8 Å². The molecule has 1 nitrogen and oxygen atoms in total. The molecule has 1 rings (SSSR count). The molecule has 0 heterocycles. The number of terminal acetylenes is 1. The van der Waals surface area contributed by atoms with Gasteiger partial charge in [0.2, 0.25) is 0 Å². The normalized spacial score (nSPS) is 8.00.